The van der Waals surface area contributed by atoms with E-state index in [1.807, 2.05) is 14.1 Å². The molecule has 0 radical (unpaired) electrons. The average molecular weight is 474 g/mol. The molecule has 35 heavy (non-hydrogen) atoms. The van der Waals surface area contributed by atoms with Crippen molar-refractivity contribution in [3.63, 3.8) is 0 Å². The van der Waals surface area contributed by atoms with Gasteiger partial charge in [0, 0.05) is 32.7 Å². The summed E-state index contributed by atoms with van der Waals surface area (Å²) in [4.78, 5) is 19.5. The molecule has 2 aliphatic rings. The van der Waals surface area contributed by atoms with E-state index in [9.17, 15) is 9.18 Å². The number of piperazine rings is 1. The first-order chi connectivity index (χ1) is 17.0. The Kier molecular flexibility index (Phi) is 6.84. The molecular formula is C29H32FN3O2. The first-order valence-corrected chi connectivity index (χ1v) is 12.3. The topological polar surface area (TPSA) is 36.0 Å². The van der Waals surface area contributed by atoms with Gasteiger partial charge in [-0.15, -0.1) is 0 Å². The zero-order valence-corrected chi connectivity index (χ0v) is 20.4. The van der Waals surface area contributed by atoms with E-state index in [-0.39, 0.29) is 17.5 Å². The van der Waals surface area contributed by atoms with E-state index in [0.717, 1.165) is 26.1 Å². The summed E-state index contributed by atoms with van der Waals surface area (Å²) in [5, 5.41) is 0. The highest BCUT2D eigenvalue weighted by Gasteiger charge is 2.35. The molecule has 1 heterocycles. The Morgan fingerprint density at radius 2 is 1.57 bits per heavy atom. The van der Waals surface area contributed by atoms with Gasteiger partial charge in [-0.05, 0) is 61.0 Å². The maximum Gasteiger partial charge on any atom is 0.257 e. The van der Waals surface area contributed by atoms with Crippen LogP contribution in [0.3, 0.4) is 0 Å². The van der Waals surface area contributed by atoms with Gasteiger partial charge in [0.2, 0.25) is 0 Å². The Balaban J connectivity index is 1.26. The number of rotatable bonds is 7. The lowest BCUT2D eigenvalue weighted by Gasteiger charge is -2.38. The van der Waals surface area contributed by atoms with E-state index >= 15 is 0 Å². The molecule has 5 rings (SSSR count). The lowest BCUT2D eigenvalue weighted by molar-refractivity contribution is 0.0595. The number of hydrogen-bond acceptors (Lipinski definition) is 4. The van der Waals surface area contributed by atoms with Gasteiger partial charge in [0.15, 0.2) is 0 Å². The molecule has 0 atom stereocenters. The quantitative estimate of drug-likeness (QED) is 0.467. The molecule has 3 aromatic carbocycles. The minimum atomic E-state index is -0.503. The maximum atomic E-state index is 14.6. The van der Waals surface area contributed by atoms with E-state index in [1.54, 1.807) is 17.0 Å². The van der Waals surface area contributed by atoms with E-state index in [4.69, 9.17) is 4.74 Å². The van der Waals surface area contributed by atoms with Crippen LogP contribution >= 0.6 is 0 Å². The van der Waals surface area contributed by atoms with Gasteiger partial charge in [-0.3, -0.25) is 9.69 Å². The Morgan fingerprint density at radius 1 is 0.943 bits per heavy atom. The van der Waals surface area contributed by atoms with E-state index in [0.29, 0.717) is 25.4 Å². The summed E-state index contributed by atoms with van der Waals surface area (Å²) >= 11 is 0. The van der Waals surface area contributed by atoms with Gasteiger partial charge in [0.1, 0.15) is 11.6 Å². The van der Waals surface area contributed by atoms with Crippen molar-refractivity contribution in [2.24, 2.45) is 0 Å². The molecule has 0 bridgehead atoms. The van der Waals surface area contributed by atoms with Crippen molar-refractivity contribution in [3.05, 3.63) is 89.2 Å². The molecule has 5 nitrogen and oxygen atoms in total. The molecule has 3 aromatic rings. The van der Waals surface area contributed by atoms with Crippen molar-refractivity contribution in [1.82, 2.24) is 14.7 Å². The van der Waals surface area contributed by atoms with Crippen LogP contribution in [0, 0.1) is 5.82 Å². The normalized spacial score (nSPS) is 15.8. The van der Waals surface area contributed by atoms with E-state index in [1.165, 1.54) is 28.3 Å². The summed E-state index contributed by atoms with van der Waals surface area (Å²) in [6.45, 7) is 4.04. The van der Waals surface area contributed by atoms with Gasteiger partial charge in [0.25, 0.3) is 5.91 Å². The number of halogens is 1. The van der Waals surface area contributed by atoms with Gasteiger partial charge >= 0.3 is 0 Å². The summed E-state index contributed by atoms with van der Waals surface area (Å²) in [6, 6.07) is 21.8. The van der Waals surface area contributed by atoms with Crippen LogP contribution in [0.15, 0.2) is 66.7 Å². The number of carbonyl (C=O) groups excluding carboxylic acids is 1. The molecule has 182 valence electrons. The predicted molar refractivity (Wildman–Crippen MR) is 136 cm³/mol. The smallest absolute Gasteiger partial charge is 0.257 e. The molecular weight excluding hydrogens is 441 g/mol. The van der Waals surface area contributed by atoms with Crippen LogP contribution < -0.4 is 4.74 Å². The molecule has 1 aliphatic heterocycles. The monoisotopic (exact) mass is 473 g/mol. The molecule has 0 unspecified atom stereocenters. The number of nitrogens with zero attached hydrogens (tertiary/aromatic N) is 3. The fourth-order valence-corrected chi connectivity index (χ4v) is 5.20. The summed E-state index contributed by atoms with van der Waals surface area (Å²) in [5.74, 6) is -0.240. The minimum absolute atomic E-state index is 0.0834. The molecule has 0 saturated carbocycles. The third-order valence-electron chi connectivity index (χ3n) is 6.95. The summed E-state index contributed by atoms with van der Waals surface area (Å²) < 4.78 is 20.4. The van der Waals surface area contributed by atoms with Crippen molar-refractivity contribution >= 4 is 5.91 Å². The molecule has 1 saturated heterocycles. The van der Waals surface area contributed by atoms with E-state index < -0.39 is 5.82 Å². The van der Waals surface area contributed by atoms with Crippen molar-refractivity contribution < 1.29 is 13.9 Å². The highest BCUT2D eigenvalue weighted by Crippen LogP contribution is 2.46. The highest BCUT2D eigenvalue weighted by molar-refractivity contribution is 5.95. The fourth-order valence-electron chi connectivity index (χ4n) is 5.20. The third-order valence-corrected chi connectivity index (χ3v) is 6.95. The van der Waals surface area contributed by atoms with Crippen LogP contribution in [0.2, 0.25) is 0 Å². The highest BCUT2D eigenvalue weighted by atomic mass is 19.1. The summed E-state index contributed by atoms with van der Waals surface area (Å²) in [7, 11) is 4.03. The van der Waals surface area contributed by atoms with Gasteiger partial charge < -0.3 is 14.5 Å². The molecule has 1 amide bonds. The molecule has 6 heteroatoms. The zero-order chi connectivity index (χ0) is 24.4. The van der Waals surface area contributed by atoms with Crippen molar-refractivity contribution in [2.75, 3.05) is 53.4 Å². The van der Waals surface area contributed by atoms with Crippen molar-refractivity contribution in [3.8, 4) is 16.9 Å². The largest absolute Gasteiger partial charge is 0.494 e. The Labute approximate surface area is 206 Å². The zero-order valence-electron chi connectivity index (χ0n) is 20.4. The number of amides is 1. The van der Waals surface area contributed by atoms with Crippen LogP contribution in [0.4, 0.5) is 4.39 Å². The second-order valence-electron chi connectivity index (χ2n) is 9.55. The van der Waals surface area contributed by atoms with Gasteiger partial charge in [-0.1, -0.05) is 48.5 Å². The van der Waals surface area contributed by atoms with Crippen LogP contribution in [0.25, 0.3) is 11.1 Å². The first-order valence-electron chi connectivity index (χ1n) is 12.3. The van der Waals surface area contributed by atoms with Crippen LogP contribution in [0.5, 0.6) is 5.75 Å². The number of ether oxygens (including phenoxy) is 1. The minimum Gasteiger partial charge on any atom is -0.494 e. The van der Waals surface area contributed by atoms with Gasteiger partial charge in [-0.2, -0.15) is 0 Å². The fraction of sp³-hybridized carbons (Fsp3) is 0.345. The second-order valence-corrected chi connectivity index (χ2v) is 9.55. The number of carbonyl (C=O) groups is 1. The lowest BCUT2D eigenvalue weighted by atomic mass is 10.0. The number of fused-ring (bicyclic) bond motifs is 3. The predicted octanol–water partition coefficient (Wildman–Crippen LogP) is 4.68. The molecule has 1 fully saturated rings. The summed E-state index contributed by atoms with van der Waals surface area (Å²) in [6.07, 6.45) is 0.864. The Morgan fingerprint density at radius 3 is 2.20 bits per heavy atom. The van der Waals surface area contributed by atoms with Crippen LogP contribution in [-0.2, 0) is 0 Å². The Hall–Kier alpha value is -3.22. The van der Waals surface area contributed by atoms with Crippen LogP contribution in [-0.4, -0.2) is 74.0 Å². The number of hydrogen-bond donors (Lipinski definition) is 0. The average Bonchev–Trinajstić information content (AvgIpc) is 3.21. The van der Waals surface area contributed by atoms with Gasteiger partial charge in [-0.25, -0.2) is 4.39 Å². The molecule has 1 aliphatic carbocycles. The van der Waals surface area contributed by atoms with Gasteiger partial charge in [0.05, 0.1) is 18.2 Å². The van der Waals surface area contributed by atoms with Crippen LogP contribution in [0.1, 0.15) is 33.9 Å². The molecule has 0 aromatic heterocycles. The maximum absolute atomic E-state index is 14.6. The van der Waals surface area contributed by atoms with Crippen molar-refractivity contribution in [2.45, 2.75) is 12.5 Å². The molecule has 0 spiro atoms. The van der Waals surface area contributed by atoms with E-state index in [2.05, 4.69) is 58.3 Å². The lowest BCUT2D eigenvalue weighted by Crippen LogP contribution is -2.49. The van der Waals surface area contributed by atoms with Crippen molar-refractivity contribution in [1.29, 1.82) is 0 Å². The first kappa shape index (κ1) is 23.5. The SMILES string of the molecule is CN(C)CCCOc1ccc(F)c(C(=O)N2CCN(C3c4ccccc4-c4ccccc43)CC2)c1. The second kappa shape index (κ2) is 10.2. The molecule has 0 N–H and O–H groups in total. The third kappa shape index (κ3) is 4.81. The number of benzene rings is 3. The summed E-state index contributed by atoms with van der Waals surface area (Å²) in [5.41, 5.74) is 5.30. The Bertz CT molecular complexity index is 1160. The standard InChI is InChI=1S/C29H32FN3O2/c1-31(2)14-7-19-35-21-12-13-27(30)26(20-21)29(34)33-17-15-32(16-18-33)28-24-10-5-3-8-22(24)23-9-4-6-11-25(23)28/h3-6,8-13,20,28H,7,14-19H2,1-2H3.